The number of nitrogens with zero attached hydrogens (tertiary/aromatic N) is 1. The fourth-order valence-electron chi connectivity index (χ4n) is 4.34. The smallest absolute Gasteiger partial charge is 0.526 e. The monoisotopic (exact) mass is 361 g/mol. The van der Waals surface area contributed by atoms with Gasteiger partial charge in [0.1, 0.15) is 11.3 Å². The molecule has 1 aromatic rings. The Morgan fingerprint density at radius 2 is 2.20 bits per heavy atom. The van der Waals surface area contributed by atoms with Crippen molar-refractivity contribution in [3.8, 4) is 5.75 Å². The maximum Gasteiger partial charge on any atom is 0.526 e. The van der Waals surface area contributed by atoms with Crippen molar-refractivity contribution in [1.82, 2.24) is 4.90 Å². The molecule has 2 saturated heterocycles. The Morgan fingerprint density at radius 3 is 2.88 bits per heavy atom. The highest BCUT2D eigenvalue weighted by atomic mass is 32.2. The van der Waals surface area contributed by atoms with E-state index in [1.807, 2.05) is 12.1 Å². The molecule has 8 heteroatoms. The van der Waals surface area contributed by atoms with Crippen LogP contribution >= 0.6 is 11.8 Å². The van der Waals surface area contributed by atoms with Crippen molar-refractivity contribution in [1.29, 1.82) is 0 Å². The summed E-state index contributed by atoms with van der Waals surface area (Å²) in [7, 11) is -0.877. The minimum absolute atomic E-state index is 0.127. The van der Waals surface area contributed by atoms with Gasteiger partial charge in [0.05, 0.1) is 13.2 Å². The first-order valence-electron chi connectivity index (χ1n) is 8.74. The standard InChI is InChI=1S/C17H20BNO5S/c20-16(21)14-13(25-4-3-19-6-17(7-19)8-23-9-17)2-1-10-11-5-12(11)18(22)24-15(10)14/h1-2,11-12,22H,3-9H2,(H,20,21). The van der Waals surface area contributed by atoms with Crippen LogP contribution in [-0.2, 0) is 4.74 Å². The molecular weight excluding hydrogens is 341 g/mol. The molecule has 0 radical (unpaired) electrons. The van der Waals surface area contributed by atoms with Crippen LogP contribution in [-0.4, -0.2) is 66.7 Å². The number of thioether (sulfide) groups is 1. The summed E-state index contributed by atoms with van der Waals surface area (Å²) in [5.74, 6) is 0.600. The van der Waals surface area contributed by atoms with Crippen molar-refractivity contribution in [2.45, 2.75) is 23.1 Å². The molecule has 132 valence electrons. The predicted octanol–water partition coefficient (Wildman–Crippen LogP) is 1.54. The maximum atomic E-state index is 11.8. The van der Waals surface area contributed by atoms with Gasteiger partial charge >= 0.3 is 13.1 Å². The van der Waals surface area contributed by atoms with Gasteiger partial charge in [-0.05, 0) is 24.0 Å². The van der Waals surface area contributed by atoms with Crippen molar-refractivity contribution in [3.63, 3.8) is 0 Å². The number of benzene rings is 1. The number of carboxylic acid groups (broad SMARTS) is 1. The number of aromatic carboxylic acids is 1. The van der Waals surface area contributed by atoms with E-state index in [-0.39, 0.29) is 17.3 Å². The van der Waals surface area contributed by atoms with Crippen LogP contribution in [0.15, 0.2) is 17.0 Å². The van der Waals surface area contributed by atoms with Crippen molar-refractivity contribution >= 4 is 24.8 Å². The molecule has 1 aliphatic carbocycles. The van der Waals surface area contributed by atoms with Crippen LogP contribution in [0.5, 0.6) is 5.75 Å². The second-order valence-electron chi connectivity index (χ2n) is 7.73. The molecule has 3 fully saturated rings. The van der Waals surface area contributed by atoms with Gasteiger partial charge in [-0.15, -0.1) is 11.8 Å². The summed E-state index contributed by atoms with van der Waals surface area (Å²) >= 11 is 1.55. The molecule has 1 aromatic carbocycles. The van der Waals surface area contributed by atoms with E-state index in [4.69, 9.17) is 9.39 Å². The van der Waals surface area contributed by atoms with Crippen molar-refractivity contribution in [2.24, 2.45) is 5.41 Å². The van der Waals surface area contributed by atoms with Gasteiger partial charge in [0, 0.05) is 41.5 Å². The Balaban J connectivity index is 1.28. The second-order valence-corrected chi connectivity index (χ2v) is 8.87. The lowest BCUT2D eigenvalue weighted by molar-refractivity contribution is -0.187. The fraction of sp³-hybridized carbons (Fsp3) is 0.588. The maximum absolute atomic E-state index is 11.8. The van der Waals surface area contributed by atoms with Crippen molar-refractivity contribution in [2.75, 3.05) is 38.6 Å². The molecule has 2 unspecified atom stereocenters. The third-order valence-electron chi connectivity index (χ3n) is 5.81. The van der Waals surface area contributed by atoms with Crippen LogP contribution in [0.1, 0.15) is 28.3 Å². The number of fused-ring (bicyclic) bond motifs is 3. The third-order valence-corrected chi connectivity index (χ3v) is 6.85. The summed E-state index contributed by atoms with van der Waals surface area (Å²) in [5, 5.41) is 19.7. The van der Waals surface area contributed by atoms with E-state index >= 15 is 0 Å². The molecule has 25 heavy (non-hydrogen) atoms. The topological polar surface area (TPSA) is 79.2 Å². The summed E-state index contributed by atoms with van der Waals surface area (Å²) in [5.41, 5.74) is 1.55. The van der Waals surface area contributed by atoms with E-state index in [0.29, 0.717) is 11.2 Å². The van der Waals surface area contributed by atoms with Gasteiger partial charge in [0.2, 0.25) is 0 Å². The number of hydrogen-bond acceptors (Lipinski definition) is 6. The van der Waals surface area contributed by atoms with Crippen LogP contribution in [0.2, 0.25) is 5.82 Å². The SMILES string of the molecule is O=C(O)c1c(SCCN2CC3(COC3)C2)ccc2c1OB(O)C1CC21. The average Bonchev–Trinajstić information content (AvgIpc) is 3.28. The van der Waals surface area contributed by atoms with Crippen molar-refractivity contribution < 1.29 is 24.3 Å². The van der Waals surface area contributed by atoms with Crippen LogP contribution in [0, 0.1) is 5.41 Å². The zero-order valence-corrected chi connectivity index (χ0v) is 14.6. The van der Waals surface area contributed by atoms with Gasteiger partial charge in [-0.1, -0.05) is 6.07 Å². The number of carboxylic acids is 1. The molecule has 3 heterocycles. The Kier molecular flexibility index (Phi) is 3.61. The summed E-state index contributed by atoms with van der Waals surface area (Å²) in [6, 6.07) is 3.88. The van der Waals surface area contributed by atoms with E-state index < -0.39 is 13.1 Å². The highest BCUT2D eigenvalue weighted by Gasteiger charge is 2.54. The molecule has 6 nitrogen and oxygen atoms in total. The van der Waals surface area contributed by atoms with Crippen LogP contribution < -0.4 is 4.65 Å². The van der Waals surface area contributed by atoms with Gasteiger partial charge in [-0.3, -0.25) is 0 Å². The van der Waals surface area contributed by atoms with E-state index in [0.717, 1.165) is 55.5 Å². The summed E-state index contributed by atoms with van der Waals surface area (Å²) in [6.07, 6.45) is 0.875. The molecule has 0 amide bonds. The van der Waals surface area contributed by atoms with E-state index in [1.54, 1.807) is 11.8 Å². The van der Waals surface area contributed by atoms with Crippen LogP contribution in [0.3, 0.4) is 0 Å². The van der Waals surface area contributed by atoms with E-state index in [9.17, 15) is 14.9 Å². The fourth-order valence-corrected chi connectivity index (χ4v) is 5.39. The van der Waals surface area contributed by atoms with Gasteiger partial charge in [0.15, 0.2) is 0 Å². The van der Waals surface area contributed by atoms with Crippen molar-refractivity contribution in [3.05, 3.63) is 23.3 Å². The lowest BCUT2D eigenvalue weighted by Gasteiger charge is -2.55. The largest absolute Gasteiger partial charge is 0.535 e. The zero-order valence-electron chi connectivity index (χ0n) is 13.8. The Hall–Kier alpha value is -1.22. The second kappa shape index (κ2) is 5.64. The molecule has 1 saturated carbocycles. The molecule has 2 N–H and O–H groups in total. The third kappa shape index (κ3) is 2.58. The lowest BCUT2D eigenvalue weighted by atomic mass is 9.77. The Labute approximate surface area is 150 Å². The Bertz CT molecular complexity index is 732. The number of rotatable bonds is 5. The molecule has 3 aliphatic heterocycles. The minimum Gasteiger partial charge on any atom is -0.535 e. The minimum atomic E-state index is -0.986. The first-order valence-corrected chi connectivity index (χ1v) is 9.73. The number of likely N-dealkylation sites (tertiary alicyclic amines) is 1. The summed E-state index contributed by atoms with van der Waals surface area (Å²) in [6.45, 7) is 4.87. The quantitative estimate of drug-likeness (QED) is 0.608. The van der Waals surface area contributed by atoms with Gasteiger partial charge in [-0.25, -0.2) is 4.79 Å². The molecule has 0 bridgehead atoms. The first kappa shape index (κ1) is 16.0. The predicted molar refractivity (Wildman–Crippen MR) is 93.5 cm³/mol. The van der Waals surface area contributed by atoms with Gasteiger partial charge < -0.3 is 24.4 Å². The van der Waals surface area contributed by atoms with Gasteiger partial charge in [-0.2, -0.15) is 0 Å². The Morgan fingerprint density at radius 1 is 1.40 bits per heavy atom. The highest BCUT2D eigenvalue weighted by molar-refractivity contribution is 7.99. The molecule has 1 spiro atoms. The molecule has 5 rings (SSSR count). The molecule has 4 aliphatic rings. The number of hydrogen-bond donors (Lipinski definition) is 2. The lowest BCUT2D eigenvalue weighted by Crippen LogP contribution is -2.66. The molecular formula is C17H20BNO5S. The first-order chi connectivity index (χ1) is 12.1. The highest BCUT2D eigenvalue weighted by Crippen LogP contribution is 2.60. The summed E-state index contributed by atoms with van der Waals surface area (Å²) < 4.78 is 10.9. The van der Waals surface area contributed by atoms with E-state index in [1.165, 1.54) is 0 Å². The average molecular weight is 361 g/mol. The molecule has 0 aromatic heterocycles. The van der Waals surface area contributed by atoms with Gasteiger partial charge in [0.25, 0.3) is 0 Å². The molecule has 2 atom stereocenters. The zero-order chi connectivity index (χ0) is 17.2. The van der Waals surface area contributed by atoms with Crippen LogP contribution in [0.25, 0.3) is 0 Å². The number of ether oxygens (including phenoxy) is 1. The van der Waals surface area contributed by atoms with Crippen LogP contribution in [0.4, 0.5) is 0 Å². The normalized spacial score (nSPS) is 28.4. The summed E-state index contributed by atoms with van der Waals surface area (Å²) in [4.78, 5) is 14.9. The van der Waals surface area contributed by atoms with E-state index in [2.05, 4.69) is 4.90 Å². The number of carbonyl (C=O) groups is 1.